The van der Waals surface area contributed by atoms with E-state index in [0.717, 1.165) is 31.7 Å². The molecule has 1 N–H and O–H groups in total. The lowest BCUT2D eigenvalue weighted by Gasteiger charge is -2.32. The number of rotatable bonds is 6. The molecule has 0 unspecified atom stereocenters. The van der Waals surface area contributed by atoms with Crippen molar-refractivity contribution in [3.8, 4) is 0 Å². The van der Waals surface area contributed by atoms with Gasteiger partial charge in [0.2, 0.25) is 5.91 Å². The molecule has 29 heavy (non-hydrogen) atoms. The maximum absolute atomic E-state index is 12.6. The Bertz CT molecular complexity index is 943. The quantitative estimate of drug-likeness (QED) is 0.722. The van der Waals surface area contributed by atoms with Crippen LogP contribution >= 0.6 is 12.2 Å². The SMILES string of the molecule is CCn1c(CNC(=O)c2ccccc2C)nn(CC(=O)N2CCN(C)CC2)c1=S. The number of aromatic nitrogens is 3. The van der Waals surface area contributed by atoms with Gasteiger partial charge in [0.1, 0.15) is 6.54 Å². The predicted molar refractivity (Wildman–Crippen MR) is 113 cm³/mol. The van der Waals surface area contributed by atoms with Crippen molar-refractivity contribution in [3.63, 3.8) is 0 Å². The molecule has 2 aromatic rings. The Kier molecular flexibility index (Phi) is 6.81. The Balaban J connectivity index is 1.69. The predicted octanol–water partition coefficient (Wildman–Crippen LogP) is 1.45. The van der Waals surface area contributed by atoms with Crippen molar-refractivity contribution in [3.05, 3.63) is 46.0 Å². The topological polar surface area (TPSA) is 75.4 Å². The third kappa shape index (κ3) is 4.91. The number of carbonyl (C=O) groups excluding carboxylic acids is 2. The fraction of sp³-hybridized carbons (Fsp3) is 0.500. The van der Waals surface area contributed by atoms with E-state index < -0.39 is 0 Å². The zero-order valence-corrected chi connectivity index (χ0v) is 18.0. The molecule has 1 aromatic carbocycles. The first-order valence-electron chi connectivity index (χ1n) is 9.87. The summed E-state index contributed by atoms with van der Waals surface area (Å²) in [5, 5.41) is 7.43. The number of carbonyl (C=O) groups is 2. The van der Waals surface area contributed by atoms with Crippen LogP contribution in [0.1, 0.15) is 28.7 Å². The lowest BCUT2D eigenvalue weighted by Crippen LogP contribution is -2.48. The molecule has 2 amide bonds. The van der Waals surface area contributed by atoms with Crippen molar-refractivity contribution in [1.82, 2.24) is 29.5 Å². The van der Waals surface area contributed by atoms with E-state index in [1.54, 1.807) is 10.7 Å². The molecule has 1 aromatic heterocycles. The van der Waals surface area contributed by atoms with Crippen LogP contribution in [-0.4, -0.2) is 69.2 Å². The molecule has 9 heteroatoms. The number of hydrogen-bond donors (Lipinski definition) is 1. The normalized spacial score (nSPS) is 14.8. The van der Waals surface area contributed by atoms with Crippen molar-refractivity contribution < 1.29 is 9.59 Å². The van der Waals surface area contributed by atoms with Crippen LogP contribution in [0.25, 0.3) is 0 Å². The lowest BCUT2D eigenvalue weighted by atomic mass is 10.1. The van der Waals surface area contributed by atoms with Gasteiger partial charge in [0, 0.05) is 38.3 Å². The van der Waals surface area contributed by atoms with Gasteiger partial charge in [-0.2, -0.15) is 5.10 Å². The Morgan fingerprint density at radius 3 is 2.52 bits per heavy atom. The molecule has 3 rings (SSSR count). The first-order valence-corrected chi connectivity index (χ1v) is 10.3. The van der Waals surface area contributed by atoms with E-state index in [-0.39, 0.29) is 24.9 Å². The highest BCUT2D eigenvalue weighted by atomic mass is 32.1. The number of likely N-dealkylation sites (N-methyl/N-ethyl adjacent to an activating group) is 1. The first kappa shape index (κ1) is 21.2. The molecular weight excluding hydrogens is 388 g/mol. The number of nitrogens with one attached hydrogen (secondary N) is 1. The monoisotopic (exact) mass is 416 g/mol. The zero-order chi connectivity index (χ0) is 21.0. The van der Waals surface area contributed by atoms with Gasteiger partial charge < -0.3 is 19.7 Å². The number of piperazine rings is 1. The molecule has 2 heterocycles. The summed E-state index contributed by atoms with van der Waals surface area (Å²) in [6, 6.07) is 7.44. The molecule has 0 spiro atoms. The van der Waals surface area contributed by atoms with Gasteiger partial charge in [-0.3, -0.25) is 9.59 Å². The molecule has 0 radical (unpaired) electrons. The van der Waals surface area contributed by atoms with Gasteiger partial charge >= 0.3 is 0 Å². The smallest absolute Gasteiger partial charge is 0.251 e. The molecule has 156 valence electrons. The van der Waals surface area contributed by atoms with E-state index in [2.05, 4.69) is 22.4 Å². The van der Waals surface area contributed by atoms with E-state index in [0.29, 0.717) is 22.7 Å². The average molecular weight is 417 g/mol. The van der Waals surface area contributed by atoms with Gasteiger partial charge in [0.25, 0.3) is 5.91 Å². The minimum Gasteiger partial charge on any atom is -0.345 e. The second-order valence-electron chi connectivity index (χ2n) is 7.28. The third-order valence-corrected chi connectivity index (χ3v) is 5.68. The van der Waals surface area contributed by atoms with Crippen molar-refractivity contribution in [2.24, 2.45) is 0 Å². The average Bonchev–Trinajstić information content (AvgIpc) is 3.01. The van der Waals surface area contributed by atoms with Crippen molar-refractivity contribution >= 4 is 24.0 Å². The summed E-state index contributed by atoms with van der Waals surface area (Å²) in [6.07, 6.45) is 0. The van der Waals surface area contributed by atoms with E-state index in [1.807, 2.05) is 41.5 Å². The van der Waals surface area contributed by atoms with E-state index >= 15 is 0 Å². The number of amides is 2. The summed E-state index contributed by atoms with van der Waals surface area (Å²) < 4.78 is 3.91. The van der Waals surface area contributed by atoms with Gasteiger partial charge in [0.05, 0.1) is 6.54 Å². The van der Waals surface area contributed by atoms with Crippen LogP contribution in [0.5, 0.6) is 0 Å². The lowest BCUT2D eigenvalue weighted by molar-refractivity contribution is -0.133. The molecule has 1 saturated heterocycles. The van der Waals surface area contributed by atoms with E-state index in [4.69, 9.17) is 12.2 Å². The van der Waals surface area contributed by atoms with Crippen molar-refractivity contribution in [1.29, 1.82) is 0 Å². The highest BCUT2D eigenvalue weighted by Gasteiger charge is 2.21. The Morgan fingerprint density at radius 2 is 1.86 bits per heavy atom. The van der Waals surface area contributed by atoms with Crippen molar-refractivity contribution in [2.75, 3.05) is 33.2 Å². The molecule has 1 fully saturated rings. The number of hydrogen-bond acceptors (Lipinski definition) is 5. The molecule has 0 aliphatic carbocycles. The maximum atomic E-state index is 12.6. The summed E-state index contributed by atoms with van der Waals surface area (Å²) in [7, 11) is 2.05. The highest BCUT2D eigenvalue weighted by molar-refractivity contribution is 7.71. The minimum absolute atomic E-state index is 0.0189. The molecule has 1 aliphatic rings. The summed E-state index contributed by atoms with van der Waals surface area (Å²) >= 11 is 5.52. The summed E-state index contributed by atoms with van der Waals surface area (Å²) in [6.45, 7) is 8.05. The van der Waals surface area contributed by atoms with Gasteiger partial charge in [0.15, 0.2) is 10.6 Å². The second-order valence-corrected chi connectivity index (χ2v) is 7.65. The fourth-order valence-corrected chi connectivity index (χ4v) is 3.74. The third-order valence-electron chi connectivity index (χ3n) is 5.25. The second kappa shape index (κ2) is 9.32. The Labute approximate surface area is 176 Å². The van der Waals surface area contributed by atoms with Crippen LogP contribution in [0, 0.1) is 11.7 Å². The van der Waals surface area contributed by atoms with Crippen LogP contribution < -0.4 is 5.32 Å². The van der Waals surface area contributed by atoms with E-state index in [9.17, 15) is 9.59 Å². The number of nitrogens with zero attached hydrogens (tertiary/aromatic N) is 5. The molecule has 8 nitrogen and oxygen atoms in total. The summed E-state index contributed by atoms with van der Waals surface area (Å²) in [5.41, 5.74) is 1.56. The Morgan fingerprint density at radius 1 is 1.17 bits per heavy atom. The Hall–Kier alpha value is -2.52. The standard InChI is InChI=1S/C20H28N6O2S/c1-4-25-17(13-21-19(28)16-8-6-5-7-15(16)2)22-26(20(25)29)14-18(27)24-11-9-23(3)10-12-24/h5-8H,4,9-14H2,1-3H3,(H,21,28). The summed E-state index contributed by atoms with van der Waals surface area (Å²) in [4.78, 5) is 29.2. The molecule has 0 bridgehead atoms. The van der Waals surface area contributed by atoms with Crippen LogP contribution in [0.15, 0.2) is 24.3 Å². The number of aryl methyl sites for hydroxylation is 1. The van der Waals surface area contributed by atoms with Crippen LogP contribution in [0.2, 0.25) is 0 Å². The largest absolute Gasteiger partial charge is 0.345 e. The molecular formula is C20H28N6O2S. The molecule has 0 saturated carbocycles. The van der Waals surface area contributed by atoms with Gasteiger partial charge in [-0.15, -0.1) is 0 Å². The summed E-state index contributed by atoms with van der Waals surface area (Å²) in [5.74, 6) is 0.510. The zero-order valence-electron chi connectivity index (χ0n) is 17.2. The maximum Gasteiger partial charge on any atom is 0.251 e. The van der Waals surface area contributed by atoms with Crippen LogP contribution in [0.4, 0.5) is 0 Å². The first-order chi connectivity index (χ1) is 13.9. The van der Waals surface area contributed by atoms with Crippen LogP contribution in [-0.2, 0) is 24.4 Å². The fourth-order valence-electron chi connectivity index (χ4n) is 3.40. The van der Waals surface area contributed by atoms with E-state index in [1.165, 1.54) is 0 Å². The molecule has 1 aliphatic heterocycles. The van der Waals surface area contributed by atoms with Gasteiger partial charge in [-0.05, 0) is 44.7 Å². The minimum atomic E-state index is -0.153. The number of benzene rings is 1. The molecule has 0 atom stereocenters. The van der Waals surface area contributed by atoms with Gasteiger partial charge in [-0.1, -0.05) is 18.2 Å². The highest BCUT2D eigenvalue weighted by Crippen LogP contribution is 2.08. The van der Waals surface area contributed by atoms with Crippen molar-refractivity contribution in [2.45, 2.75) is 33.5 Å². The van der Waals surface area contributed by atoms with Gasteiger partial charge in [-0.25, -0.2) is 4.68 Å². The van der Waals surface area contributed by atoms with Crippen LogP contribution in [0.3, 0.4) is 0 Å².